The number of hydrogen-bond acceptors (Lipinski definition) is 6. The second kappa shape index (κ2) is 11.3. The quantitative estimate of drug-likeness (QED) is 0.314. The molecule has 0 bridgehead atoms. The predicted octanol–water partition coefficient (Wildman–Crippen LogP) is 1.69. The van der Waals surface area contributed by atoms with Gasteiger partial charge in [-0.05, 0) is 29.8 Å². The van der Waals surface area contributed by atoms with Crippen molar-refractivity contribution in [3.05, 3.63) is 60.2 Å². The molecule has 0 aromatic heterocycles. The van der Waals surface area contributed by atoms with Crippen molar-refractivity contribution >= 4 is 27.6 Å². The molecule has 2 aromatic carbocycles. The van der Waals surface area contributed by atoms with Gasteiger partial charge in [-0.15, -0.1) is 0 Å². The van der Waals surface area contributed by atoms with E-state index in [0.717, 1.165) is 5.56 Å². The molecule has 0 aliphatic rings. The van der Waals surface area contributed by atoms with Crippen LogP contribution in [-0.4, -0.2) is 47.3 Å². The first kappa shape index (κ1) is 23.3. The van der Waals surface area contributed by atoms with E-state index in [4.69, 9.17) is 9.47 Å². The standard InChI is InChI=1S/C20H26N4O5S/c1-15(25)23-17-9-11-18(12-10-17)30(26,27)24-20(22-14-19(28-2)29-3)21-13-16-7-5-4-6-8-16/h4-12,19H,13-14H2,1-3H3,(H,23,25)(H2,21,22,24). The van der Waals surface area contributed by atoms with Crippen LogP contribution in [0.1, 0.15) is 12.5 Å². The lowest BCUT2D eigenvalue weighted by Crippen LogP contribution is -2.44. The summed E-state index contributed by atoms with van der Waals surface area (Å²) in [4.78, 5) is 15.5. The number of amides is 1. The number of rotatable bonds is 9. The third-order valence-electron chi connectivity index (χ3n) is 3.94. The SMILES string of the molecule is COC(CNC(=NCc1ccccc1)NS(=O)(=O)c1ccc(NC(C)=O)cc1)OC. The van der Waals surface area contributed by atoms with Crippen LogP contribution in [0.4, 0.5) is 5.69 Å². The Morgan fingerprint density at radius 2 is 1.67 bits per heavy atom. The minimum absolute atomic E-state index is 0.0286. The molecule has 10 heteroatoms. The number of methoxy groups -OCH3 is 2. The molecule has 30 heavy (non-hydrogen) atoms. The van der Waals surface area contributed by atoms with E-state index in [1.807, 2.05) is 30.3 Å². The van der Waals surface area contributed by atoms with E-state index in [-0.39, 0.29) is 29.9 Å². The second-order valence-electron chi connectivity index (χ2n) is 6.24. The summed E-state index contributed by atoms with van der Waals surface area (Å²) in [6.07, 6.45) is -0.576. The molecule has 0 unspecified atom stereocenters. The number of hydrogen-bond donors (Lipinski definition) is 3. The molecule has 0 saturated heterocycles. The zero-order valence-corrected chi connectivity index (χ0v) is 17.9. The molecule has 3 N–H and O–H groups in total. The van der Waals surface area contributed by atoms with Gasteiger partial charge in [-0.2, -0.15) is 0 Å². The minimum Gasteiger partial charge on any atom is -0.354 e. The topological polar surface area (TPSA) is 118 Å². The van der Waals surface area contributed by atoms with Crippen molar-refractivity contribution in [1.82, 2.24) is 10.0 Å². The highest BCUT2D eigenvalue weighted by atomic mass is 32.2. The Balaban J connectivity index is 2.18. The van der Waals surface area contributed by atoms with Crippen LogP contribution >= 0.6 is 0 Å². The first-order chi connectivity index (χ1) is 14.3. The molecule has 0 radical (unpaired) electrons. The van der Waals surface area contributed by atoms with Gasteiger partial charge in [-0.3, -0.25) is 4.79 Å². The highest BCUT2D eigenvalue weighted by molar-refractivity contribution is 7.90. The number of nitrogens with one attached hydrogen (secondary N) is 3. The fraction of sp³-hybridized carbons (Fsp3) is 0.300. The van der Waals surface area contributed by atoms with Crippen LogP contribution in [0, 0.1) is 0 Å². The molecule has 2 aromatic rings. The number of aliphatic imine (C=N–C) groups is 1. The highest BCUT2D eigenvalue weighted by Crippen LogP contribution is 2.14. The van der Waals surface area contributed by atoms with Gasteiger partial charge in [0, 0.05) is 26.8 Å². The van der Waals surface area contributed by atoms with Crippen LogP contribution in [0.2, 0.25) is 0 Å². The van der Waals surface area contributed by atoms with E-state index in [0.29, 0.717) is 5.69 Å². The van der Waals surface area contributed by atoms with Crippen molar-refractivity contribution in [2.45, 2.75) is 24.7 Å². The molecule has 0 fully saturated rings. The number of benzene rings is 2. The Kier molecular flexibility index (Phi) is 8.78. The van der Waals surface area contributed by atoms with Crippen molar-refractivity contribution in [2.24, 2.45) is 4.99 Å². The molecule has 0 aliphatic carbocycles. The van der Waals surface area contributed by atoms with Crippen LogP contribution in [0.15, 0.2) is 64.5 Å². The summed E-state index contributed by atoms with van der Waals surface area (Å²) < 4.78 is 38.3. The van der Waals surface area contributed by atoms with Gasteiger partial charge in [0.25, 0.3) is 10.0 Å². The fourth-order valence-corrected chi connectivity index (χ4v) is 3.43. The van der Waals surface area contributed by atoms with Crippen molar-refractivity contribution in [1.29, 1.82) is 0 Å². The molecular formula is C20H26N4O5S. The zero-order chi connectivity index (χ0) is 22.0. The summed E-state index contributed by atoms with van der Waals surface area (Å²) in [7, 11) is -0.941. The molecule has 2 rings (SSSR count). The Morgan fingerprint density at radius 1 is 1.03 bits per heavy atom. The lowest BCUT2D eigenvalue weighted by Gasteiger charge is -2.17. The van der Waals surface area contributed by atoms with Gasteiger partial charge in [0.05, 0.1) is 18.0 Å². The van der Waals surface area contributed by atoms with E-state index in [1.165, 1.54) is 45.4 Å². The van der Waals surface area contributed by atoms with E-state index in [9.17, 15) is 13.2 Å². The molecule has 0 saturated carbocycles. The van der Waals surface area contributed by atoms with Crippen LogP contribution in [0.5, 0.6) is 0 Å². The maximum absolute atomic E-state index is 12.8. The number of guanidine groups is 1. The Hall–Kier alpha value is -2.95. The van der Waals surface area contributed by atoms with Crippen LogP contribution in [0.25, 0.3) is 0 Å². The molecule has 1 amide bonds. The third kappa shape index (κ3) is 7.47. The Labute approximate surface area is 176 Å². The fourth-order valence-electron chi connectivity index (χ4n) is 2.43. The number of ether oxygens (including phenoxy) is 2. The second-order valence-corrected chi connectivity index (χ2v) is 7.93. The summed E-state index contributed by atoms with van der Waals surface area (Å²) in [5.41, 5.74) is 1.42. The average Bonchev–Trinajstić information content (AvgIpc) is 2.73. The van der Waals surface area contributed by atoms with Gasteiger partial charge < -0.3 is 20.1 Å². The van der Waals surface area contributed by atoms with Crippen molar-refractivity contribution in [3.63, 3.8) is 0 Å². The van der Waals surface area contributed by atoms with Crippen molar-refractivity contribution in [3.8, 4) is 0 Å². The van der Waals surface area contributed by atoms with Crippen LogP contribution < -0.4 is 15.4 Å². The van der Waals surface area contributed by atoms with Gasteiger partial charge in [-0.1, -0.05) is 30.3 Å². The molecule has 162 valence electrons. The summed E-state index contributed by atoms with van der Waals surface area (Å²) in [5.74, 6) is -0.182. The molecule has 0 atom stereocenters. The lowest BCUT2D eigenvalue weighted by atomic mass is 10.2. The Bertz CT molecular complexity index is 943. The number of nitrogens with zero attached hydrogens (tertiary/aromatic N) is 1. The van der Waals surface area contributed by atoms with Gasteiger partial charge in [0.15, 0.2) is 6.29 Å². The third-order valence-corrected chi connectivity index (χ3v) is 5.30. The maximum atomic E-state index is 12.8. The van der Waals surface area contributed by atoms with Gasteiger partial charge in [-0.25, -0.2) is 18.1 Å². The van der Waals surface area contributed by atoms with E-state index in [1.54, 1.807) is 0 Å². The molecular weight excluding hydrogens is 408 g/mol. The zero-order valence-electron chi connectivity index (χ0n) is 17.1. The first-order valence-corrected chi connectivity index (χ1v) is 10.6. The van der Waals surface area contributed by atoms with Crippen LogP contribution in [-0.2, 0) is 30.8 Å². The number of carbonyl (C=O) groups excluding carboxylic acids is 1. The largest absolute Gasteiger partial charge is 0.354 e. The van der Waals surface area contributed by atoms with Crippen molar-refractivity contribution < 1.29 is 22.7 Å². The summed E-state index contributed by atoms with van der Waals surface area (Å²) in [5, 5.41) is 5.50. The molecule has 9 nitrogen and oxygen atoms in total. The maximum Gasteiger partial charge on any atom is 0.264 e. The Morgan fingerprint density at radius 3 is 2.23 bits per heavy atom. The molecule has 0 spiro atoms. The molecule has 0 aliphatic heterocycles. The van der Waals surface area contributed by atoms with E-state index in [2.05, 4.69) is 20.3 Å². The summed E-state index contributed by atoms with van der Waals surface area (Å²) in [6, 6.07) is 15.3. The lowest BCUT2D eigenvalue weighted by molar-refractivity contribution is -0.114. The van der Waals surface area contributed by atoms with E-state index < -0.39 is 16.3 Å². The average molecular weight is 435 g/mol. The monoisotopic (exact) mass is 434 g/mol. The molecule has 0 heterocycles. The van der Waals surface area contributed by atoms with Gasteiger partial charge in [0.2, 0.25) is 11.9 Å². The normalized spacial score (nSPS) is 11.9. The van der Waals surface area contributed by atoms with E-state index >= 15 is 0 Å². The highest BCUT2D eigenvalue weighted by Gasteiger charge is 2.17. The number of anilines is 1. The summed E-state index contributed by atoms with van der Waals surface area (Å²) in [6.45, 7) is 1.84. The van der Waals surface area contributed by atoms with Crippen molar-refractivity contribution in [2.75, 3.05) is 26.1 Å². The first-order valence-electron chi connectivity index (χ1n) is 9.12. The minimum atomic E-state index is -3.91. The number of carbonyl (C=O) groups is 1. The van der Waals surface area contributed by atoms with Gasteiger partial charge >= 0.3 is 0 Å². The smallest absolute Gasteiger partial charge is 0.264 e. The summed E-state index contributed by atoms with van der Waals surface area (Å²) >= 11 is 0. The van der Waals surface area contributed by atoms with Crippen LogP contribution in [0.3, 0.4) is 0 Å². The number of sulfonamides is 1. The predicted molar refractivity (Wildman–Crippen MR) is 114 cm³/mol. The van der Waals surface area contributed by atoms with Gasteiger partial charge in [0.1, 0.15) is 0 Å².